The van der Waals surface area contributed by atoms with Crippen LogP contribution in [0.1, 0.15) is 24.7 Å². The molecule has 0 saturated carbocycles. The summed E-state index contributed by atoms with van der Waals surface area (Å²) in [5.41, 5.74) is 1.66. The predicted molar refractivity (Wildman–Crippen MR) is 91.1 cm³/mol. The number of nitrogens with zero attached hydrogens (tertiary/aromatic N) is 6. The molecule has 0 aromatic carbocycles. The largest absolute Gasteiger partial charge is 0.339 e. The molecule has 1 saturated heterocycles. The second-order valence-corrected chi connectivity index (χ2v) is 6.47. The predicted octanol–water partition coefficient (Wildman–Crippen LogP) is 2.25. The molecule has 0 aliphatic carbocycles. The van der Waals surface area contributed by atoms with Gasteiger partial charge in [-0.2, -0.15) is 4.98 Å². The molecule has 0 N–H and O–H groups in total. The number of hydrogen-bond acceptors (Lipinski definition) is 5. The van der Waals surface area contributed by atoms with Gasteiger partial charge in [0.15, 0.2) is 0 Å². The summed E-state index contributed by atoms with van der Waals surface area (Å²) < 4.78 is 7.44. The molecule has 4 heterocycles. The van der Waals surface area contributed by atoms with Crippen LogP contribution in [0, 0.1) is 0 Å². The molecule has 0 unspecified atom stereocenters. The van der Waals surface area contributed by atoms with E-state index in [9.17, 15) is 4.79 Å². The topological polar surface area (TPSA) is 79.8 Å². The van der Waals surface area contributed by atoms with Crippen LogP contribution in [0.25, 0.3) is 17.2 Å². The lowest BCUT2D eigenvalue weighted by Gasteiger charge is -2.32. The molecule has 1 fully saturated rings. The van der Waals surface area contributed by atoms with E-state index in [4.69, 9.17) is 4.52 Å². The van der Waals surface area contributed by atoms with Crippen LogP contribution < -0.4 is 0 Å². The van der Waals surface area contributed by atoms with Crippen LogP contribution in [-0.4, -0.2) is 62.5 Å². The zero-order valence-corrected chi connectivity index (χ0v) is 14.3. The number of aromatic nitrogens is 4. The molecule has 2 amide bonds. The number of carbonyl (C=O) groups excluding carboxylic acids is 1. The number of hydrogen-bond donors (Lipinski definition) is 0. The molecule has 3 aromatic heterocycles. The van der Waals surface area contributed by atoms with E-state index in [-0.39, 0.29) is 11.9 Å². The van der Waals surface area contributed by atoms with Crippen LogP contribution in [0.15, 0.2) is 35.1 Å². The molecule has 4 rings (SSSR count). The molecule has 130 valence electrons. The minimum Gasteiger partial charge on any atom is -0.339 e. The highest BCUT2D eigenvalue weighted by Gasteiger charge is 2.28. The van der Waals surface area contributed by atoms with Crippen molar-refractivity contribution < 1.29 is 9.32 Å². The number of piperidine rings is 1. The van der Waals surface area contributed by atoms with Gasteiger partial charge >= 0.3 is 6.03 Å². The Morgan fingerprint density at radius 2 is 2.08 bits per heavy atom. The van der Waals surface area contributed by atoms with E-state index in [0.717, 1.165) is 24.2 Å². The Balaban J connectivity index is 1.50. The van der Waals surface area contributed by atoms with Gasteiger partial charge in [0.1, 0.15) is 11.3 Å². The van der Waals surface area contributed by atoms with Gasteiger partial charge in [0.25, 0.3) is 0 Å². The van der Waals surface area contributed by atoms with Crippen LogP contribution in [0.3, 0.4) is 0 Å². The van der Waals surface area contributed by atoms with E-state index in [2.05, 4.69) is 15.1 Å². The van der Waals surface area contributed by atoms with Crippen molar-refractivity contribution in [3.63, 3.8) is 0 Å². The number of pyridine rings is 1. The quantitative estimate of drug-likeness (QED) is 0.715. The van der Waals surface area contributed by atoms with Crippen molar-refractivity contribution in [3.8, 4) is 11.5 Å². The first-order chi connectivity index (χ1) is 12.1. The van der Waals surface area contributed by atoms with Gasteiger partial charge in [-0.1, -0.05) is 11.2 Å². The number of rotatable bonds is 2. The Morgan fingerprint density at radius 1 is 1.28 bits per heavy atom. The van der Waals surface area contributed by atoms with Crippen molar-refractivity contribution in [3.05, 3.63) is 36.5 Å². The van der Waals surface area contributed by atoms with E-state index in [0.29, 0.717) is 24.8 Å². The molecule has 1 aliphatic rings. The second-order valence-electron chi connectivity index (χ2n) is 6.47. The fourth-order valence-corrected chi connectivity index (χ4v) is 3.20. The average molecular weight is 340 g/mol. The molecule has 0 bridgehead atoms. The first-order valence-corrected chi connectivity index (χ1v) is 8.36. The van der Waals surface area contributed by atoms with Crippen molar-refractivity contribution in [2.45, 2.75) is 18.8 Å². The van der Waals surface area contributed by atoms with Crippen LogP contribution in [0.2, 0.25) is 0 Å². The minimum atomic E-state index is 0.0513. The number of urea groups is 1. The minimum absolute atomic E-state index is 0.0513. The first kappa shape index (κ1) is 15.6. The highest BCUT2D eigenvalue weighted by atomic mass is 16.5. The Kier molecular flexibility index (Phi) is 3.87. The second kappa shape index (κ2) is 6.19. The van der Waals surface area contributed by atoms with Crippen molar-refractivity contribution in [1.29, 1.82) is 0 Å². The van der Waals surface area contributed by atoms with Gasteiger partial charge in [-0.3, -0.25) is 4.40 Å². The number of amides is 2. The van der Waals surface area contributed by atoms with E-state index < -0.39 is 0 Å². The van der Waals surface area contributed by atoms with E-state index in [1.54, 1.807) is 25.2 Å². The Bertz CT molecular complexity index is 891. The molecule has 8 heteroatoms. The maximum atomic E-state index is 12.0. The maximum Gasteiger partial charge on any atom is 0.319 e. The molecule has 1 aliphatic heterocycles. The summed E-state index contributed by atoms with van der Waals surface area (Å²) in [7, 11) is 3.54. The van der Waals surface area contributed by atoms with E-state index >= 15 is 0 Å². The van der Waals surface area contributed by atoms with E-state index in [1.165, 1.54) is 0 Å². The van der Waals surface area contributed by atoms with Crippen LogP contribution in [-0.2, 0) is 0 Å². The Morgan fingerprint density at radius 3 is 2.84 bits per heavy atom. The molecule has 0 atom stereocenters. The monoisotopic (exact) mass is 340 g/mol. The molecule has 3 aromatic rings. The smallest absolute Gasteiger partial charge is 0.319 e. The SMILES string of the molecule is CN(C)C(=O)N1CCC(c2nc(-c3cnc4ccccn34)no2)CC1. The number of imidazole rings is 1. The van der Waals surface area contributed by atoms with Gasteiger partial charge in [-0.05, 0) is 25.0 Å². The molecular weight excluding hydrogens is 320 g/mol. The summed E-state index contributed by atoms with van der Waals surface area (Å²) in [5, 5.41) is 4.13. The summed E-state index contributed by atoms with van der Waals surface area (Å²) in [6.07, 6.45) is 5.34. The van der Waals surface area contributed by atoms with Gasteiger partial charge in [-0.15, -0.1) is 0 Å². The van der Waals surface area contributed by atoms with Crippen LogP contribution >= 0.6 is 0 Å². The summed E-state index contributed by atoms with van der Waals surface area (Å²) in [4.78, 5) is 24.4. The Labute approximate surface area is 145 Å². The average Bonchev–Trinajstić information content (AvgIpc) is 3.28. The Hall–Kier alpha value is -2.90. The van der Waals surface area contributed by atoms with Crippen LogP contribution in [0.4, 0.5) is 4.79 Å². The summed E-state index contributed by atoms with van der Waals surface area (Å²) in [6.45, 7) is 1.41. The zero-order chi connectivity index (χ0) is 17.4. The normalized spacial score (nSPS) is 15.7. The molecular formula is C17H20N6O2. The van der Waals surface area contributed by atoms with Crippen molar-refractivity contribution in [1.82, 2.24) is 29.3 Å². The molecule has 8 nitrogen and oxygen atoms in total. The van der Waals surface area contributed by atoms with Crippen molar-refractivity contribution in [2.24, 2.45) is 0 Å². The lowest BCUT2D eigenvalue weighted by molar-refractivity contribution is 0.152. The lowest BCUT2D eigenvalue weighted by atomic mass is 9.97. The molecule has 0 spiro atoms. The fourth-order valence-electron chi connectivity index (χ4n) is 3.20. The number of fused-ring (bicyclic) bond motifs is 1. The summed E-state index contributed by atoms with van der Waals surface area (Å²) in [6, 6.07) is 5.87. The number of carbonyl (C=O) groups is 1. The standard InChI is InChI=1S/C17H20N6O2/c1-21(2)17(24)22-9-6-12(7-10-22)16-19-15(20-25-16)13-11-18-14-5-3-4-8-23(13)14/h3-5,8,11-12H,6-7,9-10H2,1-2H3. The third-order valence-corrected chi connectivity index (χ3v) is 4.59. The summed E-state index contributed by atoms with van der Waals surface area (Å²) in [5.74, 6) is 1.37. The van der Waals surface area contributed by atoms with Gasteiger partial charge < -0.3 is 14.3 Å². The lowest BCUT2D eigenvalue weighted by Crippen LogP contribution is -2.43. The number of likely N-dealkylation sites (tertiary alicyclic amines) is 1. The van der Waals surface area contributed by atoms with Crippen molar-refractivity contribution in [2.75, 3.05) is 27.2 Å². The van der Waals surface area contributed by atoms with Crippen LogP contribution in [0.5, 0.6) is 0 Å². The van der Waals surface area contributed by atoms with Gasteiger partial charge in [-0.25, -0.2) is 9.78 Å². The van der Waals surface area contributed by atoms with Crippen molar-refractivity contribution >= 4 is 11.7 Å². The van der Waals surface area contributed by atoms with Gasteiger partial charge in [0.2, 0.25) is 11.7 Å². The highest BCUT2D eigenvalue weighted by Crippen LogP contribution is 2.29. The van der Waals surface area contributed by atoms with E-state index in [1.807, 2.05) is 33.7 Å². The zero-order valence-electron chi connectivity index (χ0n) is 14.3. The van der Waals surface area contributed by atoms with Gasteiger partial charge in [0.05, 0.1) is 6.20 Å². The third kappa shape index (κ3) is 2.84. The fraction of sp³-hybridized carbons (Fsp3) is 0.412. The molecule has 25 heavy (non-hydrogen) atoms. The summed E-state index contributed by atoms with van der Waals surface area (Å²) >= 11 is 0. The third-order valence-electron chi connectivity index (χ3n) is 4.59. The maximum absolute atomic E-state index is 12.0. The highest BCUT2D eigenvalue weighted by molar-refractivity contribution is 5.73. The molecule has 0 radical (unpaired) electrons. The first-order valence-electron chi connectivity index (χ1n) is 8.36. The van der Waals surface area contributed by atoms with Gasteiger partial charge in [0, 0.05) is 39.3 Å².